The molecule has 0 atom stereocenters. The van der Waals surface area contributed by atoms with Crippen LogP contribution in [-0.2, 0) is 9.59 Å². The Hall–Kier alpha value is -2.66. The standard InChI is InChI=1S/C19H20ClN3O2/c1-13-6-8-15(9-7-13)12-21-23-19(25)11-10-18(24)22-17-5-3-4-16(20)14(17)2/h3-9,12H,10-11H2,1-2H3,(H,22,24)(H,23,25)/b21-12-. The fraction of sp³-hybridized carbons (Fsp3) is 0.211. The molecule has 0 saturated heterocycles. The van der Waals surface area contributed by atoms with Gasteiger partial charge in [-0.1, -0.05) is 47.5 Å². The van der Waals surface area contributed by atoms with Gasteiger partial charge in [-0.2, -0.15) is 5.10 Å². The lowest BCUT2D eigenvalue weighted by atomic mass is 10.2. The topological polar surface area (TPSA) is 70.6 Å². The maximum absolute atomic E-state index is 11.9. The van der Waals surface area contributed by atoms with Crippen LogP contribution >= 0.6 is 11.6 Å². The molecule has 130 valence electrons. The van der Waals surface area contributed by atoms with E-state index in [1.807, 2.05) is 38.1 Å². The number of aryl methyl sites for hydroxylation is 1. The molecule has 0 aliphatic heterocycles. The number of carbonyl (C=O) groups is 2. The lowest BCUT2D eigenvalue weighted by Crippen LogP contribution is -2.20. The zero-order valence-electron chi connectivity index (χ0n) is 14.2. The zero-order valence-corrected chi connectivity index (χ0v) is 14.9. The largest absolute Gasteiger partial charge is 0.326 e. The quantitative estimate of drug-likeness (QED) is 0.609. The van der Waals surface area contributed by atoms with Crippen LogP contribution in [0.5, 0.6) is 0 Å². The predicted octanol–water partition coefficient (Wildman–Crippen LogP) is 3.83. The van der Waals surface area contributed by atoms with Gasteiger partial charge in [0.15, 0.2) is 0 Å². The molecule has 6 heteroatoms. The summed E-state index contributed by atoms with van der Waals surface area (Å²) in [7, 11) is 0. The van der Waals surface area contributed by atoms with Gasteiger partial charge in [-0.3, -0.25) is 9.59 Å². The van der Waals surface area contributed by atoms with Crippen LogP contribution in [0.2, 0.25) is 5.02 Å². The van der Waals surface area contributed by atoms with Crippen molar-refractivity contribution in [2.24, 2.45) is 5.10 Å². The van der Waals surface area contributed by atoms with Crippen LogP contribution in [0.15, 0.2) is 47.6 Å². The molecule has 0 spiro atoms. The fourth-order valence-corrected chi connectivity index (χ4v) is 2.24. The second-order valence-electron chi connectivity index (χ2n) is 5.66. The van der Waals surface area contributed by atoms with E-state index in [2.05, 4.69) is 15.8 Å². The third-order valence-corrected chi connectivity index (χ3v) is 4.01. The molecule has 2 aromatic rings. The van der Waals surface area contributed by atoms with Crippen molar-refractivity contribution in [3.8, 4) is 0 Å². The number of anilines is 1. The van der Waals surface area contributed by atoms with Crippen LogP contribution in [0.4, 0.5) is 5.69 Å². The molecule has 0 fully saturated rings. The Labute approximate surface area is 152 Å². The molecular weight excluding hydrogens is 338 g/mol. The number of benzene rings is 2. The second-order valence-corrected chi connectivity index (χ2v) is 6.07. The highest BCUT2D eigenvalue weighted by Crippen LogP contribution is 2.23. The molecule has 0 radical (unpaired) electrons. The summed E-state index contributed by atoms with van der Waals surface area (Å²) in [5.74, 6) is -0.565. The van der Waals surface area contributed by atoms with Crippen molar-refractivity contribution in [3.05, 3.63) is 64.2 Å². The maximum Gasteiger partial charge on any atom is 0.240 e. The monoisotopic (exact) mass is 357 g/mol. The molecule has 2 N–H and O–H groups in total. The molecule has 0 heterocycles. The molecule has 0 aliphatic carbocycles. The van der Waals surface area contributed by atoms with E-state index in [4.69, 9.17) is 11.6 Å². The van der Waals surface area contributed by atoms with E-state index in [0.29, 0.717) is 10.7 Å². The minimum atomic E-state index is -0.318. The van der Waals surface area contributed by atoms with Gasteiger partial charge >= 0.3 is 0 Å². The Morgan fingerprint density at radius 3 is 2.44 bits per heavy atom. The van der Waals surface area contributed by atoms with Crippen molar-refractivity contribution in [3.63, 3.8) is 0 Å². The molecule has 0 bridgehead atoms. The number of nitrogens with zero attached hydrogens (tertiary/aromatic N) is 1. The number of nitrogens with one attached hydrogen (secondary N) is 2. The molecule has 0 saturated carbocycles. The van der Waals surface area contributed by atoms with E-state index in [9.17, 15) is 9.59 Å². The molecule has 2 rings (SSSR count). The summed E-state index contributed by atoms with van der Waals surface area (Å²) in [6.07, 6.45) is 1.68. The van der Waals surface area contributed by atoms with Crippen LogP contribution in [0.1, 0.15) is 29.5 Å². The first-order chi connectivity index (χ1) is 12.0. The molecular formula is C19H20ClN3O2. The van der Waals surface area contributed by atoms with Gasteiger partial charge in [0.1, 0.15) is 0 Å². The van der Waals surface area contributed by atoms with Crippen molar-refractivity contribution in [2.45, 2.75) is 26.7 Å². The van der Waals surface area contributed by atoms with E-state index in [1.165, 1.54) is 0 Å². The lowest BCUT2D eigenvalue weighted by molar-refractivity contribution is -0.124. The second kappa shape index (κ2) is 8.99. The average Bonchev–Trinajstić information content (AvgIpc) is 2.59. The molecule has 2 aromatic carbocycles. The van der Waals surface area contributed by atoms with E-state index in [-0.39, 0.29) is 24.7 Å². The van der Waals surface area contributed by atoms with Crippen LogP contribution in [0.25, 0.3) is 0 Å². The highest BCUT2D eigenvalue weighted by Gasteiger charge is 2.09. The van der Waals surface area contributed by atoms with Crippen LogP contribution in [0.3, 0.4) is 0 Å². The number of halogens is 1. The van der Waals surface area contributed by atoms with Crippen molar-refractivity contribution in [2.75, 3.05) is 5.32 Å². The van der Waals surface area contributed by atoms with Gasteiger partial charge in [-0.05, 0) is 37.1 Å². The lowest BCUT2D eigenvalue weighted by Gasteiger charge is -2.09. The van der Waals surface area contributed by atoms with E-state index < -0.39 is 0 Å². The van der Waals surface area contributed by atoms with Crippen LogP contribution in [-0.4, -0.2) is 18.0 Å². The van der Waals surface area contributed by atoms with Crippen molar-refractivity contribution in [1.82, 2.24) is 5.43 Å². The fourth-order valence-electron chi connectivity index (χ4n) is 2.07. The molecule has 0 aliphatic rings. The number of carbonyl (C=O) groups excluding carboxylic acids is 2. The van der Waals surface area contributed by atoms with Gasteiger partial charge in [0, 0.05) is 23.6 Å². The number of rotatable bonds is 6. The number of hydrogen-bond donors (Lipinski definition) is 2. The first-order valence-electron chi connectivity index (χ1n) is 7.89. The Morgan fingerprint density at radius 2 is 1.72 bits per heavy atom. The van der Waals surface area contributed by atoms with Crippen molar-refractivity contribution >= 4 is 35.3 Å². The summed E-state index contributed by atoms with van der Waals surface area (Å²) in [5.41, 5.74) is 5.90. The summed E-state index contributed by atoms with van der Waals surface area (Å²) in [6.45, 7) is 3.82. The Bertz CT molecular complexity index is 786. The summed E-state index contributed by atoms with van der Waals surface area (Å²) < 4.78 is 0. The average molecular weight is 358 g/mol. The van der Waals surface area contributed by atoms with Gasteiger partial charge < -0.3 is 5.32 Å². The maximum atomic E-state index is 11.9. The number of hydrogen-bond acceptors (Lipinski definition) is 3. The molecule has 5 nitrogen and oxygen atoms in total. The normalized spacial score (nSPS) is 10.7. The number of amides is 2. The van der Waals surface area contributed by atoms with Crippen LogP contribution in [0, 0.1) is 13.8 Å². The van der Waals surface area contributed by atoms with E-state index in [1.54, 1.807) is 24.4 Å². The summed E-state index contributed by atoms with van der Waals surface area (Å²) in [6, 6.07) is 13.0. The van der Waals surface area contributed by atoms with E-state index >= 15 is 0 Å². The highest BCUT2D eigenvalue weighted by molar-refractivity contribution is 6.31. The van der Waals surface area contributed by atoms with Gasteiger partial charge in [-0.15, -0.1) is 0 Å². The Balaban J connectivity index is 1.76. The third-order valence-electron chi connectivity index (χ3n) is 3.60. The van der Waals surface area contributed by atoms with Gasteiger partial charge in [-0.25, -0.2) is 5.43 Å². The van der Waals surface area contributed by atoms with Crippen molar-refractivity contribution in [1.29, 1.82) is 0 Å². The summed E-state index contributed by atoms with van der Waals surface area (Å²) >= 11 is 6.01. The first kappa shape index (κ1) is 18.7. The molecule has 2 amide bonds. The molecule has 25 heavy (non-hydrogen) atoms. The smallest absolute Gasteiger partial charge is 0.240 e. The summed E-state index contributed by atoms with van der Waals surface area (Å²) in [4.78, 5) is 23.7. The van der Waals surface area contributed by atoms with Gasteiger partial charge in [0.2, 0.25) is 11.8 Å². The van der Waals surface area contributed by atoms with Crippen LogP contribution < -0.4 is 10.7 Å². The minimum absolute atomic E-state index is 0.0523. The van der Waals surface area contributed by atoms with Gasteiger partial charge in [0.05, 0.1) is 6.21 Å². The first-order valence-corrected chi connectivity index (χ1v) is 8.27. The zero-order chi connectivity index (χ0) is 18.2. The van der Waals surface area contributed by atoms with Crippen molar-refractivity contribution < 1.29 is 9.59 Å². The Morgan fingerprint density at radius 1 is 1.04 bits per heavy atom. The minimum Gasteiger partial charge on any atom is -0.326 e. The summed E-state index contributed by atoms with van der Waals surface area (Å²) in [5, 5.41) is 7.22. The Kier molecular flexibility index (Phi) is 6.71. The number of hydrazone groups is 1. The van der Waals surface area contributed by atoms with E-state index in [0.717, 1.165) is 16.7 Å². The molecule has 0 aromatic heterocycles. The molecule has 0 unspecified atom stereocenters. The third kappa shape index (κ3) is 6.04. The highest BCUT2D eigenvalue weighted by atomic mass is 35.5. The predicted molar refractivity (Wildman–Crippen MR) is 101 cm³/mol. The SMILES string of the molecule is Cc1ccc(/C=N\NC(=O)CCC(=O)Nc2cccc(Cl)c2C)cc1. The van der Waals surface area contributed by atoms with Gasteiger partial charge in [0.25, 0.3) is 0 Å².